The number of alkyl halides is 3. The van der Waals surface area contributed by atoms with Crippen molar-refractivity contribution >= 4 is 29.2 Å². The summed E-state index contributed by atoms with van der Waals surface area (Å²) in [4.78, 5) is 24.1. The van der Waals surface area contributed by atoms with E-state index in [-0.39, 0.29) is 29.9 Å². The molecule has 110 valence electrons. The van der Waals surface area contributed by atoms with Crippen LogP contribution in [0, 0.1) is 10.1 Å². The number of hydrogen-bond donors (Lipinski definition) is 2. The maximum absolute atomic E-state index is 11.9. The second kappa shape index (κ2) is 6.41. The maximum atomic E-state index is 11.9. The van der Waals surface area contributed by atoms with Crippen LogP contribution in [-0.4, -0.2) is 38.8 Å². The number of hydrogen-bond acceptors (Lipinski definition) is 6. The summed E-state index contributed by atoms with van der Waals surface area (Å²) in [5, 5.41) is 21.7. The number of carboxylic acid groups (broad SMARTS) is 1. The van der Waals surface area contributed by atoms with E-state index in [2.05, 4.69) is 10.3 Å². The van der Waals surface area contributed by atoms with Crippen LogP contribution >= 0.6 is 11.8 Å². The molecule has 0 aromatic carbocycles. The molecular weight excluding hydrogens is 303 g/mol. The lowest BCUT2D eigenvalue weighted by Crippen LogP contribution is -2.13. The molecule has 1 aromatic heterocycles. The van der Waals surface area contributed by atoms with Gasteiger partial charge in [-0.25, -0.2) is 9.78 Å². The van der Waals surface area contributed by atoms with E-state index in [1.165, 1.54) is 0 Å². The van der Waals surface area contributed by atoms with Crippen LogP contribution in [0.3, 0.4) is 0 Å². The first-order valence-corrected chi connectivity index (χ1v) is 6.01. The molecule has 0 radical (unpaired) electrons. The predicted octanol–water partition coefficient (Wildman–Crippen LogP) is 2.35. The number of halogens is 3. The molecule has 1 heterocycles. The van der Waals surface area contributed by atoms with Crippen LogP contribution in [-0.2, 0) is 0 Å². The van der Waals surface area contributed by atoms with E-state index < -0.39 is 27.7 Å². The van der Waals surface area contributed by atoms with E-state index in [9.17, 15) is 28.1 Å². The number of anilines is 1. The van der Waals surface area contributed by atoms with Gasteiger partial charge in [-0.15, -0.1) is 0 Å². The molecule has 0 aliphatic carbocycles. The molecule has 1 rings (SSSR count). The Balaban J connectivity index is 2.75. The zero-order chi connectivity index (χ0) is 15.3. The van der Waals surface area contributed by atoms with Crippen LogP contribution in [0.15, 0.2) is 12.3 Å². The van der Waals surface area contributed by atoms with Gasteiger partial charge in [0.15, 0.2) is 0 Å². The lowest BCUT2D eigenvalue weighted by molar-refractivity contribution is -0.385. The van der Waals surface area contributed by atoms with Gasteiger partial charge in [-0.1, -0.05) is 0 Å². The summed E-state index contributed by atoms with van der Waals surface area (Å²) in [6.07, 6.45) is 0.825. The number of rotatable bonds is 6. The van der Waals surface area contributed by atoms with Crippen LogP contribution in [0.25, 0.3) is 0 Å². The van der Waals surface area contributed by atoms with E-state index in [1.54, 1.807) is 0 Å². The normalized spacial score (nSPS) is 11.2. The Morgan fingerprint density at radius 3 is 2.70 bits per heavy atom. The highest BCUT2D eigenvalue weighted by molar-refractivity contribution is 8.00. The predicted molar refractivity (Wildman–Crippen MR) is 64.9 cm³/mol. The van der Waals surface area contributed by atoms with E-state index in [0.717, 1.165) is 12.3 Å². The smallest absolute Gasteiger partial charge is 0.441 e. The molecular formula is C9H8F3N3O4S. The Morgan fingerprint density at radius 2 is 2.20 bits per heavy atom. The topological polar surface area (TPSA) is 105 Å². The quantitative estimate of drug-likeness (QED) is 0.472. The summed E-state index contributed by atoms with van der Waals surface area (Å²) in [5.41, 5.74) is -5.37. The second-order valence-corrected chi connectivity index (χ2v) is 4.53. The van der Waals surface area contributed by atoms with Crippen LogP contribution in [0.4, 0.5) is 24.7 Å². The van der Waals surface area contributed by atoms with Gasteiger partial charge in [-0.2, -0.15) is 13.2 Å². The molecule has 20 heavy (non-hydrogen) atoms. The number of carboxylic acids is 1. The molecule has 0 unspecified atom stereocenters. The van der Waals surface area contributed by atoms with Gasteiger partial charge in [0.1, 0.15) is 17.6 Å². The third-order valence-corrected chi connectivity index (χ3v) is 2.71. The fourth-order valence-electron chi connectivity index (χ4n) is 1.19. The Kier molecular flexibility index (Phi) is 5.13. The zero-order valence-electron chi connectivity index (χ0n) is 9.68. The minimum absolute atomic E-state index is 0.185. The highest BCUT2D eigenvalue weighted by Gasteiger charge is 2.27. The van der Waals surface area contributed by atoms with Crippen molar-refractivity contribution in [2.24, 2.45) is 0 Å². The van der Waals surface area contributed by atoms with Crippen LogP contribution in [0.1, 0.15) is 10.4 Å². The van der Waals surface area contributed by atoms with Gasteiger partial charge in [0, 0.05) is 18.4 Å². The summed E-state index contributed by atoms with van der Waals surface area (Å²) in [7, 11) is 0. The molecule has 2 N–H and O–H groups in total. The van der Waals surface area contributed by atoms with Gasteiger partial charge < -0.3 is 10.4 Å². The van der Waals surface area contributed by atoms with Gasteiger partial charge in [0.2, 0.25) is 0 Å². The molecule has 11 heteroatoms. The van der Waals surface area contributed by atoms with Crippen molar-refractivity contribution in [3.63, 3.8) is 0 Å². The number of aromatic carboxylic acids is 1. The standard InChI is InChI=1S/C9H8F3N3O4S/c10-9(11,12)20-2-1-13-7-6(8(16)17)3-5(4-14-7)15(18)19/h3-4H,1-2H2,(H,13,14)(H,16,17). The van der Waals surface area contributed by atoms with E-state index in [4.69, 9.17) is 5.11 Å². The highest BCUT2D eigenvalue weighted by Crippen LogP contribution is 2.29. The molecule has 0 atom stereocenters. The van der Waals surface area contributed by atoms with Crippen molar-refractivity contribution in [1.82, 2.24) is 4.98 Å². The first-order valence-electron chi connectivity index (χ1n) is 5.03. The number of nitrogens with one attached hydrogen (secondary N) is 1. The fourth-order valence-corrected chi connectivity index (χ4v) is 1.63. The van der Waals surface area contributed by atoms with E-state index >= 15 is 0 Å². The average molecular weight is 311 g/mol. The number of carbonyl (C=O) groups is 1. The molecule has 0 aliphatic rings. The number of pyridine rings is 1. The summed E-state index contributed by atoms with van der Waals surface area (Å²) < 4.78 is 35.6. The summed E-state index contributed by atoms with van der Waals surface area (Å²) >= 11 is -0.271. The monoisotopic (exact) mass is 311 g/mol. The van der Waals surface area contributed by atoms with Gasteiger partial charge in [0.25, 0.3) is 5.69 Å². The van der Waals surface area contributed by atoms with Crippen LogP contribution in [0.2, 0.25) is 0 Å². The molecule has 0 fully saturated rings. The number of thioether (sulfide) groups is 1. The summed E-state index contributed by atoms with van der Waals surface area (Å²) in [6.45, 7) is -0.185. The van der Waals surface area contributed by atoms with E-state index in [1.807, 2.05) is 0 Å². The fraction of sp³-hybridized carbons (Fsp3) is 0.333. The molecule has 7 nitrogen and oxygen atoms in total. The van der Waals surface area contributed by atoms with Crippen LogP contribution in [0.5, 0.6) is 0 Å². The first kappa shape index (κ1) is 16.0. The van der Waals surface area contributed by atoms with Crippen molar-refractivity contribution < 1.29 is 28.0 Å². The Hall–Kier alpha value is -2.04. The molecule has 0 saturated heterocycles. The largest absolute Gasteiger partial charge is 0.478 e. The van der Waals surface area contributed by atoms with Gasteiger partial charge in [0.05, 0.1) is 4.92 Å². The molecule has 0 aliphatic heterocycles. The minimum Gasteiger partial charge on any atom is -0.478 e. The van der Waals surface area contributed by atoms with Crippen molar-refractivity contribution in [2.45, 2.75) is 5.51 Å². The Bertz CT molecular complexity index is 524. The molecule has 0 bridgehead atoms. The Labute approximate surface area is 114 Å². The SMILES string of the molecule is O=C(O)c1cc([N+](=O)[O-])cnc1NCCSC(F)(F)F. The van der Waals surface area contributed by atoms with Crippen molar-refractivity contribution in [1.29, 1.82) is 0 Å². The van der Waals surface area contributed by atoms with Crippen molar-refractivity contribution in [2.75, 3.05) is 17.6 Å². The number of nitro groups is 1. The zero-order valence-corrected chi connectivity index (χ0v) is 10.5. The highest BCUT2D eigenvalue weighted by atomic mass is 32.2. The van der Waals surface area contributed by atoms with Gasteiger partial charge in [-0.3, -0.25) is 10.1 Å². The van der Waals surface area contributed by atoms with E-state index in [0.29, 0.717) is 0 Å². The molecule has 1 aromatic rings. The molecule has 0 saturated carbocycles. The molecule has 0 amide bonds. The van der Waals surface area contributed by atoms with Gasteiger partial charge in [-0.05, 0) is 11.8 Å². The third-order valence-electron chi connectivity index (χ3n) is 1.97. The summed E-state index contributed by atoms with van der Waals surface area (Å²) in [6, 6.07) is 0.786. The lowest BCUT2D eigenvalue weighted by atomic mass is 10.2. The number of aromatic nitrogens is 1. The molecule has 0 spiro atoms. The maximum Gasteiger partial charge on any atom is 0.441 e. The second-order valence-electron chi connectivity index (χ2n) is 3.37. The third kappa shape index (κ3) is 4.91. The van der Waals surface area contributed by atoms with Crippen molar-refractivity contribution in [3.8, 4) is 0 Å². The summed E-state index contributed by atoms with van der Waals surface area (Å²) in [5.74, 6) is -2.03. The Morgan fingerprint density at radius 1 is 1.55 bits per heavy atom. The minimum atomic E-state index is -4.37. The van der Waals surface area contributed by atoms with Crippen molar-refractivity contribution in [3.05, 3.63) is 27.9 Å². The van der Waals surface area contributed by atoms with Crippen LogP contribution < -0.4 is 5.32 Å². The lowest BCUT2D eigenvalue weighted by Gasteiger charge is -2.09. The number of nitrogens with zero attached hydrogens (tertiary/aromatic N) is 2. The van der Waals surface area contributed by atoms with Gasteiger partial charge >= 0.3 is 11.5 Å². The first-order chi connectivity index (χ1) is 9.20. The average Bonchev–Trinajstić information content (AvgIpc) is 2.33.